The van der Waals surface area contributed by atoms with E-state index in [0.29, 0.717) is 11.5 Å². The van der Waals surface area contributed by atoms with E-state index in [1.54, 1.807) is 12.1 Å². The van der Waals surface area contributed by atoms with Gasteiger partial charge in [0.05, 0.1) is 0 Å². The molecule has 1 aliphatic heterocycles. The molecule has 0 saturated carbocycles. The smallest absolute Gasteiger partial charge is 0.186 e. The van der Waals surface area contributed by atoms with E-state index in [-0.39, 0.29) is 23.5 Å². The number of hydrogen-bond donors (Lipinski definition) is 0. The second-order valence-electron chi connectivity index (χ2n) is 7.04. The molecule has 3 aromatic carbocycles. The quantitative estimate of drug-likeness (QED) is 0.410. The summed E-state index contributed by atoms with van der Waals surface area (Å²) in [5, 5.41) is 0. The predicted octanol–water partition coefficient (Wildman–Crippen LogP) is 5.93. The van der Waals surface area contributed by atoms with E-state index < -0.39 is 0 Å². The van der Waals surface area contributed by atoms with Crippen molar-refractivity contribution in [3.63, 3.8) is 0 Å². The lowest BCUT2D eigenvalue weighted by molar-refractivity contribution is 0.377. The van der Waals surface area contributed by atoms with Crippen molar-refractivity contribution < 1.29 is 13.5 Å². The molecule has 0 unspecified atom stereocenters. The summed E-state index contributed by atoms with van der Waals surface area (Å²) in [4.78, 5) is 12.2. The molecule has 0 aliphatic carbocycles. The minimum absolute atomic E-state index is 0.0443. The van der Waals surface area contributed by atoms with Crippen molar-refractivity contribution in [1.29, 1.82) is 0 Å². The summed E-state index contributed by atoms with van der Waals surface area (Å²) in [5.74, 6) is 0.809. The van der Waals surface area contributed by atoms with E-state index in [1.165, 1.54) is 24.3 Å². The molecule has 0 amide bonds. The fraction of sp³-hybridized carbons (Fsp3) is 0.0800. The average Bonchev–Trinajstić information content (AvgIpc) is 3.55. The molecule has 4 heteroatoms. The Balaban J connectivity index is 1.39. The van der Waals surface area contributed by atoms with Crippen LogP contribution in [0.2, 0.25) is 0 Å². The van der Waals surface area contributed by atoms with E-state index in [9.17, 15) is 9.18 Å². The van der Waals surface area contributed by atoms with Gasteiger partial charge in [0.15, 0.2) is 5.43 Å². The highest BCUT2D eigenvalue weighted by atomic mass is 19.1. The topological polar surface area (TPSA) is 42.7 Å². The van der Waals surface area contributed by atoms with Crippen molar-refractivity contribution in [2.75, 3.05) is 0 Å². The van der Waals surface area contributed by atoms with Crippen LogP contribution >= 0.6 is 0 Å². The second-order valence-corrected chi connectivity index (χ2v) is 7.04. The number of halogens is 1. The summed E-state index contributed by atoms with van der Waals surface area (Å²) in [7, 11) is 0. The Morgan fingerprint density at radius 1 is 0.655 bits per heavy atom. The summed E-state index contributed by atoms with van der Waals surface area (Å²) in [6.07, 6.45) is -0.0991. The van der Waals surface area contributed by atoms with Crippen LogP contribution in [0, 0.1) is 5.82 Å². The average molecular weight is 384 g/mol. The third-order valence-electron chi connectivity index (χ3n) is 5.04. The molecule has 0 bridgehead atoms. The van der Waals surface area contributed by atoms with Gasteiger partial charge in [-0.2, -0.15) is 0 Å². The Bertz CT molecular complexity index is 1200. The zero-order valence-corrected chi connectivity index (χ0v) is 15.4. The Hall–Kier alpha value is -3.50. The van der Waals surface area contributed by atoms with Crippen molar-refractivity contribution in [1.82, 2.24) is 0 Å². The Morgan fingerprint density at radius 3 is 1.76 bits per heavy atom. The molecule has 1 aromatic heterocycles. The summed E-state index contributed by atoms with van der Waals surface area (Å²) in [6.45, 7) is 0. The first-order valence-corrected chi connectivity index (χ1v) is 9.39. The minimum atomic E-state index is -0.255. The molecule has 0 radical (unpaired) electrons. The van der Waals surface area contributed by atoms with Crippen LogP contribution in [-0.2, 0) is 4.74 Å². The Labute approximate surface area is 167 Å². The van der Waals surface area contributed by atoms with Crippen LogP contribution in [0.1, 0.15) is 23.3 Å². The van der Waals surface area contributed by atoms with E-state index in [1.807, 2.05) is 54.6 Å². The monoisotopic (exact) mass is 384 g/mol. The van der Waals surface area contributed by atoms with Crippen LogP contribution in [0.3, 0.4) is 0 Å². The maximum Gasteiger partial charge on any atom is 0.186 e. The summed E-state index contributed by atoms with van der Waals surface area (Å²) in [5.41, 5.74) is 3.57. The third-order valence-corrected chi connectivity index (χ3v) is 5.04. The molecule has 2 atom stereocenters. The van der Waals surface area contributed by atoms with Gasteiger partial charge in [0.2, 0.25) is 0 Å². The normalized spacial score (nSPS) is 17.8. The molecule has 0 spiro atoms. The van der Waals surface area contributed by atoms with Gasteiger partial charge in [-0.05, 0) is 23.3 Å². The lowest BCUT2D eigenvalue weighted by Gasteiger charge is -2.06. The lowest BCUT2D eigenvalue weighted by atomic mass is 10.0. The predicted molar refractivity (Wildman–Crippen MR) is 109 cm³/mol. The van der Waals surface area contributed by atoms with Crippen molar-refractivity contribution in [3.05, 3.63) is 118 Å². The Morgan fingerprint density at radius 2 is 1.17 bits per heavy atom. The molecule has 5 rings (SSSR count). The fourth-order valence-corrected chi connectivity index (χ4v) is 3.47. The van der Waals surface area contributed by atoms with E-state index in [4.69, 9.17) is 9.15 Å². The van der Waals surface area contributed by atoms with Gasteiger partial charge in [0, 0.05) is 23.3 Å². The molecular formula is C25H17FO3. The van der Waals surface area contributed by atoms with E-state index >= 15 is 0 Å². The van der Waals surface area contributed by atoms with Gasteiger partial charge >= 0.3 is 0 Å². The highest BCUT2D eigenvalue weighted by Crippen LogP contribution is 2.51. The van der Waals surface area contributed by atoms with Crippen molar-refractivity contribution in [3.8, 4) is 22.6 Å². The highest BCUT2D eigenvalue weighted by molar-refractivity contribution is 5.63. The molecule has 0 N–H and O–H groups in total. The number of epoxide rings is 1. The third kappa shape index (κ3) is 3.62. The fourth-order valence-electron chi connectivity index (χ4n) is 3.47. The summed E-state index contributed by atoms with van der Waals surface area (Å²) >= 11 is 0. The second kappa shape index (κ2) is 7.15. The van der Waals surface area contributed by atoms with Gasteiger partial charge < -0.3 is 9.15 Å². The van der Waals surface area contributed by atoms with Gasteiger partial charge in [-0.25, -0.2) is 4.39 Å². The van der Waals surface area contributed by atoms with E-state index in [2.05, 4.69) is 0 Å². The molecule has 142 valence electrons. The molecule has 1 aliphatic rings. The molecule has 3 nitrogen and oxygen atoms in total. The standard InChI is InChI=1S/C25H17FO3/c26-20-12-10-19(11-13-20)25-24(29-25)18-8-6-17(7-9-18)23-15-21(27)14-22(28-23)16-4-2-1-3-5-16/h1-15,24-25H/t24-,25-/m0/s1. The lowest BCUT2D eigenvalue weighted by Crippen LogP contribution is -1.98. The number of ether oxygens (including phenoxy) is 1. The summed E-state index contributed by atoms with van der Waals surface area (Å²) in [6, 6.07) is 26.7. The minimum Gasteiger partial charge on any atom is -0.456 e. The van der Waals surface area contributed by atoms with Crippen molar-refractivity contribution >= 4 is 0 Å². The number of benzene rings is 3. The molecule has 1 saturated heterocycles. The SMILES string of the molecule is O=c1cc(-c2ccccc2)oc(-c2ccc([C@@H]3O[C@H]3c3ccc(F)cc3)cc2)c1. The molecular weight excluding hydrogens is 367 g/mol. The van der Waals surface area contributed by atoms with Crippen LogP contribution in [0.5, 0.6) is 0 Å². The first-order valence-electron chi connectivity index (χ1n) is 9.39. The van der Waals surface area contributed by atoms with Crippen LogP contribution in [-0.4, -0.2) is 0 Å². The molecule has 2 heterocycles. The van der Waals surface area contributed by atoms with Crippen molar-refractivity contribution in [2.24, 2.45) is 0 Å². The maximum atomic E-state index is 13.1. The zero-order valence-electron chi connectivity index (χ0n) is 15.4. The zero-order chi connectivity index (χ0) is 19.8. The van der Waals surface area contributed by atoms with E-state index in [0.717, 1.165) is 22.3 Å². The molecule has 1 fully saturated rings. The summed E-state index contributed by atoms with van der Waals surface area (Å²) < 4.78 is 24.8. The first-order chi connectivity index (χ1) is 14.2. The van der Waals surface area contributed by atoms with Gasteiger partial charge in [0.1, 0.15) is 29.5 Å². The maximum absolute atomic E-state index is 13.1. The molecule has 4 aromatic rings. The van der Waals surface area contributed by atoms with Crippen LogP contribution in [0.25, 0.3) is 22.6 Å². The van der Waals surface area contributed by atoms with Crippen LogP contribution in [0.4, 0.5) is 4.39 Å². The van der Waals surface area contributed by atoms with Gasteiger partial charge in [-0.3, -0.25) is 4.79 Å². The largest absolute Gasteiger partial charge is 0.456 e. The Kier molecular flexibility index (Phi) is 4.34. The van der Waals surface area contributed by atoms with Crippen molar-refractivity contribution in [2.45, 2.75) is 12.2 Å². The van der Waals surface area contributed by atoms with Gasteiger partial charge in [0.25, 0.3) is 0 Å². The number of hydrogen-bond acceptors (Lipinski definition) is 3. The first kappa shape index (κ1) is 17.6. The highest BCUT2D eigenvalue weighted by Gasteiger charge is 2.41. The van der Waals surface area contributed by atoms with Gasteiger partial charge in [-0.1, -0.05) is 66.7 Å². The van der Waals surface area contributed by atoms with Gasteiger partial charge in [-0.15, -0.1) is 0 Å². The van der Waals surface area contributed by atoms with Crippen LogP contribution < -0.4 is 5.43 Å². The molecule has 29 heavy (non-hydrogen) atoms. The van der Waals surface area contributed by atoms with Crippen LogP contribution in [0.15, 0.2) is 100 Å². The number of rotatable bonds is 4.